The molecule has 21 heavy (non-hydrogen) atoms. The summed E-state index contributed by atoms with van der Waals surface area (Å²) in [5.74, 6) is -0.354. The number of carboxylic acid groups (broad SMARTS) is 1. The van der Waals surface area contributed by atoms with E-state index in [0.29, 0.717) is 5.75 Å². The largest absolute Gasteiger partial charge is 0.508 e. The van der Waals surface area contributed by atoms with Gasteiger partial charge in [0.2, 0.25) is 0 Å². The van der Waals surface area contributed by atoms with Crippen molar-refractivity contribution < 1.29 is 15.0 Å². The van der Waals surface area contributed by atoms with Gasteiger partial charge in [0, 0.05) is 18.4 Å². The number of likely N-dealkylation sites (tertiary alicyclic amines) is 1. The van der Waals surface area contributed by atoms with Crippen LogP contribution in [0, 0.1) is 0 Å². The maximum absolute atomic E-state index is 9.61. The van der Waals surface area contributed by atoms with Gasteiger partial charge in [-0.3, -0.25) is 4.79 Å². The summed E-state index contributed by atoms with van der Waals surface area (Å²) in [5.41, 5.74) is 1.57. The Labute approximate surface area is 127 Å². The molecule has 1 aromatic carbocycles. The SMILES string of the molecule is CCC(=O)O.CCCC1(c2cccc(O)c2)CCN(C)C1. The molecule has 0 aliphatic carbocycles. The van der Waals surface area contributed by atoms with E-state index in [4.69, 9.17) is 5.11 Å². The zero-order valence-corrected chi connectivity index (χ0v) is 13.3. The average molecular weight is 293 g/mol. The van der Waals surface area contributed by atoms with Gasteiger partial charge in [0.15, 0.2) is 0 Å². The van der Waals surface area contributed by atoms with Crippen LogP contribution in [-0.4, -0.2) is 41.2 Å². The molecule has 1 fully saturated rings. The Morgan fingerprint density at radius 2 is 2.05 bits per heavy atom. The number of carbonyl (C=O) groups is 1. The Hall–Kier alpha value is -1.55. The van der Waals surface area contributed by atoms with Gasteiger partial charge in [0.1, 0.15) is 5.75 Å². The highest BCUT2D eigenvalue weighted by Gasteiger charge is 2.37. The topological polar surface area (TPSA) is 60.8 Å². The van der Waals surface area contributed by atoms with Crippen LogP contribution >= 0.6 is 0 Å². The van der Waals surface area contributed by atoms with Crippen molar-refractivity contribution >= 4 is 5.97 Å². The standard InChI is InChI=1S/C14H21NO.C3H6O2/c1-3-7-14(8-9-15(2)11-14)12-5-4-6-13(16)10-12;1-2-3(4)5/h4-6,10,16H,3,7-9,11H2,1-2H3;2H2,1H3,(H,4,5). The van der Waals surface area contributed by atoms with Crippen LogP contribution in [0.5, 0.6) is 5.75 Å². The van der Waals surface area contributed by atoms with Gasteiger partial charge in [0.25, 0.3) is 0 Å². The molecule has 1 aliphatic heterocycles. The van der Waals surface area contributed by atoms with Crippen LogP contribution in [0.3, 0.4) is 0 Å². The zero-order chi connectivity index (χ0) is 15.9. The zero-order valence-electron chi connectivity index (χ0n) is 13.3. The number of phenolic OH excluding ortho intramolecular Hbond substituents is 1. The second-order valence-electron chi connectivity index (χ2n) is 5.82. The van der Waals surface area contributed by atoms with Crippen molar-refractivity contribution in [3.63, 3.8) is 0 Å². The van der Waals surface area contributed by atoms with Crippen molar-refractivity contribution in [1.82, 2.24) is 4.90 Å². The molecule has 1 aromatic rings. The minimum absolute atomic E-state index is 0.222. The van der Waals surface area contributed by atoms with E-state index in [-0.39, 0.29) is 11.8 Å². The Morgan fingerprint density at radius 3 is 2.48 bits per heavy atom. The molecule has 0 bridgehead atoms. The predicted molar refractivity (Wildman–Crippen MR) is 84.7 cm³/mol. The molecule has 1 saturated heterocycles. The van der Waals surface area contributed by atoms with Crippen LogP contribution in [0.15, 0.2) is 24.3 Å². The summed E-state index contributed by atoms with van der Waals surface area (Å²) < 4.78 is 0. The number of aliphatic carboxylic acids is 1. The average Bonchev–Trinajstić information content (AvgIpc) is 2.82. The normalized spacial score (nSPS) is 21.7. The van der Waals surface area contributed by atoms with Crippen molar-refractivity contribution in [2.24, 2.45) is 0 Å². The lowest BCUT2D eigenvalue weighted by molar-refractivity contribution is -0.136. The summed E-state index contributed by atoms with van der Waals surface area (Å²) in [6.45, 7) is 6.12. The third-order valence-corrected chi connectivity index (χ3v) is 4.03. The molecule has 0 saturated carbocycles. The minimum Gasteiger partial charge on any atom is -0.508 e. The third kappa shape index (κ3) is 5.05. The van der Waals surface area contributed by atoms with Crippen LogP contribution in [0.4, 0.5) is 0 Å². The van der Waals surface area contributed by atoms with Gasteiger partial charge in [-0.25, -0.2) is 0 Å². The fourth-order valence-electron chi connectivity index (χ4n) is 2.98. The Kier molecular flexibility index (Phi) is 6.69. The Balaban J connectivity index is 0.000000383. The maximum Gasteiger partial charge on any atom is 0.303 e. The van der Waals surface area contributed by atoms with Gasteiger partial charge in [-0.2, -0.15) is 0 Å². The summed E-state index contributed by atoms with van der Waals surface area (Å²) in [7, 11) is 2.18. The van der Waals surface area contributed by atoms with Crippen LogP contribution < -0.4 is 0 Å². The summed E-state index contributed by atoms with van der Waals surface area (Å²) in [5, 5.41) is 17.3. The highest BCUT2D eigenvalue weighted by atomic mass is 16.4. The second-order valence-corrected chi connectivity index (χ2v) is 5.82. The number of nitrogens with zero attached hydrogens (tertiary/aromatic N) is 1. The molecule has 0 radical (unpaired) electrons. The molecule has 1 aliphatic rings. The van der Waals surface area contributed by atoms with E-state index in [1.807, 2.05) is 12.1 Å². The van der Waals surface area contributed by atoms with Gasteiger partial charge in [-0.15, -0.1) is 0 Å². The first kappa shape index (κ1) is 17.5. The first-order valence-electron chi connectivity index (χ1n) is 7.63. The minimum atomic E-state index is -0.745. The Bertz CT molecular complexity index is 457. The summed E-state index contributed by atoms with van der Waals surface area (Å²) >= 11 is 0. The molecular weight excluding hydrogens is 266 g/mol. The molecule has 2 rings (SSSR count). The molecule has 0 aromatic heterocycles. The van der Waals surface area contributed by atoms with Gasteiger partial charge < -0.3 is 15.1 Å². The smallest absolute Gasteiger partial charge is 0.303 e. The molecule has 0 spiro atoms. The van der Waals surface area contributed by atoms with E-state index < -0.39 is 5.97 Å². The number of carboxylic acids is 1. The first-order valence-corrected chi connectivity index (χ1v) is 7.63. The van der Waals surface area contributed by atoms with E-state index in [1.165, 1.54) is 24.8 Å². The quantitative estimate of drug-likeness (QED) is 0.894. The monoisotopic (exact) mass is 293 g/mol. The molecule has 2 N–H and O–H groups in total. The molecule has 4 heteroatoms. The fourth-order valence-corrected chi connectivity index (χ4v) is 2.98. The second kappa shape index (κ2) is 8.03. The van der Waals surface area contributed by atoms with Gasteiger partial charge in [0.05, 0.1) is 0 Å². The summed E-state index contributed by atoms with van der Waals surface area (Å²) in [6, 6.07) is 7.81. The maximum atomic E-state index is 9.61. The number of likely N-dealkylation sites (N-methyl/N-ethyl adjacent to an activating group) is 1. The molecule has 1 unspecified atom stereocenters. The molecular formula is C17H27NO3. The number of hydrogen-bond donors (Lipinski definition) is 2. The number of aromatic hydroxyl groups is 1. The van der Waals surface area contributed by atoms with E-state index in [9.17, 15) is 9.90 Å². The van der Waals surface area contributed by atoms with Gasteiger partial charge in [-0.1, -0.05) is 32.4 Å². The van der Waals surface area contributed by atoms with Crippen LogP contribution in [-0.2, 0) is 10.2 Å². The first-order chi connectivity index (χ1) is 9.93. The van der Waals surface area contributed by atoms with E-state index >= 15 is 0 Å². The molecule has 0 amide bonds. The number of benzene rings is 1. The number of phenols is 1. The predicted octanol–water partition coefficient (Wildman–Crippen LogP) is 3.25. The highest BCUT2D eigenvalue weighted by molar-refractivity contribution is 5.66. The lowest BCUT2D eigenvalue weighted by Gasteiger charge is -2.29. The van der Waals surface area contributed by atoms with E-state index in [0.717, 1.165) is 13.1 Å². The van der Waals surface area contributed by atoms with Crippen molar-refractivity contribution in [2.75, 3.05) is 20.1 Å². The summed E-state index contributed by atoms with van der Waals surface area (Å²) in [6.07, 6.45) is 3.84. The van der Waals surface area contributed by atoms with Gasteiger partial charge >= 0.3 is 5.97 Å². The lowest BCUT2D eigenvalue weighted by Crippen LogP contribution is -2.29. The molecule has 1 atom stereocenters. The lowest BCUT2D eigenvalue weighted by atomic mass is 9.76. The number of rotatable bonds is 4. The highest BCUT2D eigenvalue weighted by Crippen LogP contribution is 2.39. The number of hydrogen-bond acceptors (Lipinski definition) is 3. The van der Waals surface area contributed by atoms with Crippen molar-refractivity contribution in [3.8, 4) is 5.75 Å². The Morgan fingerprint density at radius 1 is 1.38 bits per heavy atom. The van der Waals surface area contributed by atoms with Gasteiger partial charge in [-0.05, 0) is 44.1 Å². The molecule has 4 nitrogen and oxygen atoms in total. The van der Waals surface area contributed by atoms with Crippen molar-refractivity contribution in [1.29, 1.82) is 0 Å². The summed E-state index contributed by atoms with van der Waals surface area (Å²) in [4.78, 5) is 11.8. The third-order valence-electron chi connectivity index (χ3n) is 4.03. The van der Waals surface area contributed by atoms with E-state index in [2.05, 4.69) is 24.9 Å². The fraction of sp³-hybridized carbons (Fsp3) is 0.588. The van der Waals surface area contributed by atoms with E-state index in [1.54, 1.807) is 13.0 Å². The van der Waals surface area contributed by atoms with Crippen LogP contribution in [0.2, 0.25) is 0 Å². The molecule has 1 heterocycles. The van der Waals surface area contributed by atoms with Crippen molar-refractivity contribution in [2.45, 2.75) is 44.9 Å². The van der Waals surface area contributed by atoms with Crippen LogP contribution in [0.25, 0.3) is 0 Å². The molecule has 118 valence electrons. The van der Waals surface area contributed by atoms with Crippen molar-refractivity contribution in [3.05, 3.63) is 29.8 Å². The van der Waals surface area contributed by atoms with Crippen LogP contribution in [0.1, 0.15) is 45.1 Å².